The first-order valence-corrected chi connectivity index (χ1v) is 11.5. The number of benzene rings is 3. The number of methoxy groups -OCH3 is 1. The zero-order chi connectivity index (χ0) is 24.9. The summed E-state index contributed by atoms with van der Waals surface area (Å²) in [4.78, 5) is 15.4. The fourth-order valence-electron chi connectivity index (χ4n) is 4.52. The highest BCUT2D eigenvalue weighted by atomic mass is 35.5. The van der Waals surface area contributed by atoms with E-state index < -0.39 is 6.04 Å². The monoisotopic (exact) mass is 489 g/mol. The normalized spacial score (nSPS) is 14.9. The number of rotatable bonds is 5. The Morgan fingerprint density at radius 1 is 1.06 bits per heavy atom. The molecule has 8 heteroatoms. The minimum absolute atomic E-state index is 0.00117. The van der Waals surface area contributed by atoms with Crippen molar-refractivity contribution >= 4 is 17.5 Å². The molecule has 2 heterocycles. The Hall–Kier alpha value is -3.97. The molecule has 1 aromatic heterocycles. The molecule has 5 rings (SSSR count). The SMILES string of the molecule is COc1cc([C@@H]2c3c(-c4cc(Cl)c(C)cc4O)n[nH]c3C(=O)N2Cc2ccc(C)cc2)ccc1O. The van der Waals surface area contributed by atoms with Gasteiger partial charge in [-0.15, -0.1) is 0 Å². The molecule has 1 aliphatic rings. The van der Waals surface area contributed by atoms with Crippen molar-refractivity contribution < 1.29 is 19.7 Å². The second-order valence-corrected chi connectivity index (χ2v) is 9.14. The van der Waals surface area contributed by atoms with Crippen molar-refractivity contribution in [3.63, 3.8) is 0 Å². The van der Waals surface area contributed by atoms with Crippen LogP contribution in [-0.2, 0) is 6.54 Å². The van der Waals surface area contributed by atoms with Crippen LogP contribution in [-0.4, -0.2) is 38.3 Å². The fraction of sp³-hybridized carbons (Fsp3) is 0.185. The van der Waals surface area contributed by atoms with Gasteiger partial charge in [-0.25, -0.2) is 0 Å². The number of aromatic hydroxyl groups is 2. The molecule has 0 aliphatic carbocycles. The number of phenolic OH excluding ortho intramolecular Hbond substituents is 2. The highest BCUT2D eigenvalue weighted by Crippen LogP contribution is 2.47. The number of amides is 1. The molecule has 1 atom stereocenters. The summed E-state index contributed by atoms with van der Waals surface area (Å²) in [6.45, 7) is 4.17. The van der Waals surface area contributed by atoms with Crippen molar-refractivity contribution in [1.82, 2.24) is 15.1 Å². The smallest absolute Gasteiger partial charge is 0.273 e. The first kappa shape index (κ1) is 22.8. The molecule has 0 unspecified atom stereocenters. The Kier molecular flexibility index (Phi) is 5.65. The van der Waals surface area contributed by atoms with E-state index in [-0.39, 0.29) is 17.4 Å². The van der Waals surface area contributed by atoms with Crippen LogP contribution in [0, 0.1) is 13.8 Å². The largest absolute Gasteiger partial charge is 0.507 e. The van der Waals surface area contributed by atoms with Crippen molar-refractivity contribution in [2.75, 3.05) is 7.11 Å². The molecule has 1 amide bonds. The van der Waals surface area contributed by atoms with Gasteiger partial charge in [-0.2, -0.15) is 5.10 Å². The number of aromatic amines is 1. The van der Waals surface area contributed by atoms with Crippen LogP contribution >= 0.6 is 11.6 Å². The molecule has 3 N–H and O–H groups in total. The van der Waals surface area contributed by atoms with Crippen LogP contribution in [0.15, 0.2) is 54.6 Å². The molecule has 7 nitrogen and oxygen atoms in total. The molecule has 1 aliphatic heterocycles. The van der Waals surface area contributed by atoms with Gasteiger partial charge in [-0.05, 0) is 54.8 Å². The molecule has 0 fully saturated rings. The summed E-state index contributed by atoms with van der Waals surface area (Å²) in [7, 11) is 1.48. The van der Waals surface area contributed by atoms with E-state index in [9.17, 15) is 15.0 Å². The van der Waals surface area contributed by atoms with Crippen LogP contribution < -0.4 is 4.74 Å². The topological polar surface area (TPSA) is 98.7 Å². The number of carbonyl (C=O) groups excluding carboxylic acids is 1. The lowest BCUT2D eigenvalue weighted by molar-refractivity contribution is 0.0730. The van der Waals surface area contributed by atoms with Crippen LogP contribution in [0.5, 0.6) is 17.2 Å². The minimum Gasteiger partial charge on any atom is -0.507 e. The number of H-pyrrole nitrogens is 1. The number of nitrogens with zero attached hydrogens (tertiary/aromatic N) is 2. The number of phenols is 2. The van der Waals surface area contributed by atoms with Gasteiger partial charge in [0, 0.05) is 22.7 Å². The lowest BCUT2D eigenvalue weighted by Crippen LogP contribution is -2.29. The van der Waals surface area contributed by atoms with Gasteiger partial charge in [0.25, 0.3) is 5.91 Å². The average molecular weight is 490 g/mol. The summed E-state index contributed by atoms with van der Waals surface area (Å²) >= 11 is 6.37. The number of aromatic nitrogens is 2. The minimum atomic E-state index is -0.540. The maximum atomic E-state index is 13.6. The van der Waals surface area contributed by atoms with Gasteiger partial charge in [-0.1, -0.05) is 47.5 Å². The second kappa shape index (κ2) is 8.67. The highest BCUT2D eigenvalue weighted by Gasteiger charge is 2.42. The number of halogens is 1. The fourth-order valence-corrected chi connectivity index (χ4v) is 4.69. The molecule has 0 bridgehead atoms. The summed E-state index contributed by atoms with van der Waals surface area (Å²) in [6.07, 6.45) is 0. The van der Waals surface area contributed by atoms with E-state index in [2.05, 4.69) is 10.2 Å². The van der Waals surface area contributed by atoms with Crippen molar-refractivity contribution in [2.45, 2.75) is 26.4 Å². The first-order valence-electron chi connectivity index (χ1n) is 11.1. The molecule has 3 aromatic carbocycles. The Morgan fingerprint density at radius 3 is 2.51 bits per heavy atom. The predicted molar refractivity (Wildman–Crippen MR) is 133 cm³/mol. The van der Waals surface area contributed by atoms with Crippen LogP contribution in [0.2, 0.25) is 5.02 Å². The Balaban J connectivity index is 1.69. The third-order valence-electron chi connectivity index (χ3n) is 6.39. The van der Waals surface area contributed by atoms with E-state index in [1.54, 1.807) is 42.2 Å². The summed E-state index contributed by atoms with van der Waals surface area (Å²) in [6, 6.07) is 15.7. The summed E-state index contributed by atoms with van der Waals surface area (Å²) in [5, 5.41) is 28.7. The average Bonchev–Trinajstić information content (AvgIpc) is 3.37. The van der Waals surface area contributed by atoms with Crippen LogP contribution in [0.3, 0.4) is 0 Å². The van der Waals surface area contributed by atoms with Gasteiger partial charge in [0.2, 0.25) is 0 Å². The number of carbonyl (C=O) groups is 1. The summed E-state index contributed by atoms with van der Waals surface area (Å²) < 4.78 is 5.34. The Bertz CT molecular complexity index is 1450. The van der Waals surface area contributed by atoms with Gasteiger partial charge >= 0.3 is 0 Å². The zero-order valence-corrected chi connectivity index (χ0v) is 20.2. The van der Waals surface area contributed by atoms with Crippen molar-refractivity contribution in [1.29, 1.82) is 0 Å². The maximum absolute atomic E-state index is 13.6. The first-order chi connectivity index (χ1) is 16.8. The van der Waals surface area contributed by atoms with Crippen LogP contribution in [0.4, 0.5) is 0 Å². The molecule has 35 heavy (non-hydrogen) atoms. The highest BCUT2D eigenvalue weighted by molar-refractivity contribution is 6.31. The standard InChI is InChI=1S/C27H24ClN3O4/c1-14-4-6-16(7-5-14)13-31-26(17-8-9-20(32)22(11-17)35-3)23-24(29-30-25(23)27(31)34)18-12-19(28)15(2)10-21(18)33/h4-12,26,32-33H,13H2,1-3H3,(H,29,30)/t26-/m1/s1. The Labute approximate surface area is 207 Å². The second-order valence-electron chi connectivity index (χ2n) is 8.73. The van der Waals surface area contributed by atoms with Gasteiger partial charge in [0.15, 0.2) is 11.5 Å². The van der Waals surface area contributed by atoms with E-state index >= 15 is 0 Å². The van der Waals surface area contributed by atoms with Gasteiger partial charge in [0.1, 0.15) is 17.1 Å². The number of hydrogen-bond donors (Lipinski definition) is 3. The van der Waals surface area contributed by atoms with Crippen molar-refractivity contribution in [3.05, 3.63) is 93.1 Å². The van der Waals surface area contributed by atoms with E-state index in [0.29, 0.717) is 39.8 Å². The predicted octanol–water partition coefficient (Wildman–Crippen LogP) is 5.51. The van der Waals surface area contributed by atoms with Gasteiger partial charge < -0.3 is 19.8 Å². The van der Waals surface area contributed by atoms with Gasteiger partial charge in [-0.3, -0.25) is 9.89 Å². The number of ether oxygens (including phenoxy) is 1. The quantitative estimate of drug-likeness (QED) is 0.343. The van der Waals surface area contributed by atoms with Crippen molar-refractivity contribution in [3.8, 4) is 28.5 Å². The van der Waals surface area contributed by atoms with Gasteiger partial charge in [0.05, 0.1) is 13.2 Å². The zero-order valence-electron chi connectivity index (χ0n) is 19.5. The summed E-state index contributed by atoms with van der Waals surface area (Å²) in [5.41, 5.74) is 5.42. The van der Waals surface area contributed by atoms with Crippen molar-refractivity contribution in [2.24, 2.45) is 0 Å². The van der Waals surface area contributed by atoms with Crippen LogP contribution in [0.1, 0.15) is 44.3 Å². The van der Waals surface area contributed by atoms with E-state index in [4.69, 9.17) is 16.3 Å². The molecule has 0 saturated heterocycles. The molecular weight excluding hydrogens is 466 g/mol. The number of hydrogen-bond acceptors (Lipinski definition) is 5. The third-order valence-corrected chi connectivity index (χ3v) is 6.80. The summed E-state index contributed by atoms with van der Waals surface area (Å²) in [5.74, 6) is 0.105. The third kappa shape index (κ3) is 3.88. The number of aryl methyl sites for hydroxylation is 2. The lowest BCUT2D eigenvalue weighted by atomic mass is 9.94. The molecule has 0 saturated carbocycles. The lowest BCUT2D eigenvalue weighted by Gasteiger charge is -2.27. The molecule has 0 spiro atoms. The van der Waals surface area contributed by atoms with E-state index in [0.717, 1.165) is 22.3 Å². The van der Waals surface area contributed by atoms with Crippen LogP contribution in [0.25, 0.3) is 11.3 Å². The molecular formula is C27H24ClN3O4. The van der Waals surface area contributed by atoms with E-state index in [1.807, 2.05) is 31.2 Å². The molecule has 0 radical (unpaired) electrons. The maximum Gasteiger partial charge on any atom is 0.273 e. The molecule has 4 aromatic rings. The number of nitrogens with one attached hydrogen (secondary N) is 1. The Morgan fingerprint density at radius 2 is 1.80 bits per heavy atom. The molecule has 178 valence electrons. The number of fused-ring (bicyclic) bond motifs is 1. The van der Waals surface area contributed by atoms with E-state index in [1.165, 1.54) is 7.11 Å².